The standard InChI is InChI=1S/C14H24O6/c1-13(2,3)12(17)18-8-6-7-9-10(11(15)16)20-14(4,5)19-9/h9-10H,6-8H2,1-5H3,(H,15,16)/t9-,10+/m1/s1. The maximum atomic E-state index is 11.6. The predicted octanol–water partition coefficient (Wildman–Crippen LogP) is 1.96. The summed E-state index contributed by atoms with van der Waals surface area (Å²) in [5.74, 6) is -2.20. The molecule has 0 radical (unpaired) electrons. The van der Waals surface area contributed by atoms with Gasteiger partial charge in [0, 0.05) is 0 Å². The van der Waals surface area contributed by atoms with E-state index in [0.717, 1.165) is 0 Å². The molecule has 6 nitrogen and oxygen atoms in total. The highest BCUT2D eigenvalue weighted by atomic mass is 16.8. The van der Waals surface area contributed by atoms with Gasteiger partial charge in [0.1, 0.15) is 0 Å². The van der Waals surface area contributed by atoms with Crippen LogP contribution >= 0.6 is 0 Å². The molecule has 0 unspecified atom stereocenters. The summed E-state index contributed by atoms with van der Waals surface area (Å²) in [5, 5.41) is 9.08. The fourth-order valence-corrected chi connectivity index (χ4v) is 1.92. The van der Waals surface area contributed by atoms with Gasteiger partial charge in [0.15, 0.2) is 11.9 Å². The summed E-state index contributed by atoms with van der Waals surface area (Å²) >= 11 is 0. The van der Waals surface area contributed by atoms with Crippen LogP contribution in [0.25, 0.3) is 0 Å². The minimum atomic E-state index is -1.03. The van der Waals surface area contributed by atoms with Crippen molar-refractivity contribution in [1.82, 2.24) is 0 Å². The first kappa shape index (κ1) is 16.9. The number of hydrogen-bond donors (Lipinski definition) is 1. The van der Waals surface area contributed by atoms with E-state index >= 15 is 0 Å². The molecule has 0 bridgehead atoms. The lowest BCUT2D eigenvalue weighted by Gasteiger charge is -2.18. The highest BCUT2D eigenvalue weighted by Gasteiger charge is 2.44. The number of carboxylic acid groups (broad SMARTS) is 1. The van der Waals surface area contributed by atoms with Gasteiger partial charge in [-0.05, 0) is 47.5 Å². The van der Waals surface area contributed by atoms with Gasteiger partial charge >= 0.3 is 11.9 Å². The van der Waals surface area contributed by atoms with E-state index in [1.807, 2.05) is 0 Å². The van der Waals surface area contributed by atoms with Gasteiger partial charge < -0.3 is 19.3 Å². The molecule has 1 N–H and O–H groups in total. The number of rotatable bonds is 5. The minimum absolute atomic E-state index is 0.253. The van der Waals surface area contributed by atoms with Gasteiger partial charge in [0.05, 0.1) is 18.1 Å². The van der Waals surface area contributed by atoms with E-state index in [9.17, 15) is 9.59 Å². The van der Waals surface area contributed by atoms with Gasteiger partial charge in [-0.3, -0.25) is 4.79 Å². The van der Waals surface area contributed by atoms with E-state index in [1.165, 1.54) is 0 Å². The Morgan fingerprint density at radius 2 is 1.85 bits per heavy atom. The summed E-state index contributed by atoms with van der Waals surface area (Å²) in [4.78, 5) is 22.6. The third-order valence-corrected chi connectivity index (χ3v) is 2.91. The molecule has 0 aliphatic carbocycles. The van der Waals surface area contributed by atoms with Crippen molar-refractivity contribution in [3.63, 3.8) is 0 Å². The van der Waals surface area contributed by atoms with Crippen LogP contribution in [0.1, 0.15) is 47.5 Å². The fourth-order valence-electron chi connectivity index (χ4n) is 1.92. The van der Waals surface area contributed by atoms with Gasteiger partial charge in [0.25, 0.3) is 0 Å². The van der Waals surface area contributed by atoms with Crippen LogP contribution in [0.5, 0.6) is 0 Å². The SMILES string of the molecule is CC1(C)O[C@H](C(=O)O)[C@@H](CCCOC(=O)C(C)(C)C)O1. The molecule has 2 atom stereocenters. The van der Waals surface area contributed by atoms with Crippen molar-refractivity contribution in [2.75, 3.05) is 6.61 Å². The van der Waals surface area contributed by atoms with Crippen LogP contribution in [-0.2, 0) is 23.8 Å². The summed E-state index contributed by atoms with van der Waals surface area (Å²) in [6, 6.07) is 0. The quantitative estimate of drug-likeness (QED) is 0.615. The van der Waals surface area contributed by atoms with Crippen molar-refractivity contribution >= 4 is 11.9 Å². The molecule has 1 heterocycles. The van der Waals surface area contributed by atoms with Crippen LogP contribution < -0.4 is 0 Å². The van der Waals surface area contributed by atoms with Crippen LogP contribution in [0.3, 0.4) is 0 Å². The molecule has 6 heteroatoms. The number of carboxylic acids is 1. The molecule has 1 rings (SSSR count). The van der Waals surface area contributed by atoms with Crippen molar-refractivity contribution < 1.29 is 28.9 Å². The van der Waals surface area contributed by atoms with E-state index in [0.29, 0.717) is 12.8 Å². The van der Waals surface area contributed by atoms with Gasteiger partial charge in [0.2, 0.25) is 0 Å². The van der Waals surface area contributed by atoms with Crippen molar-refractivity contribution in [3.8, 4) is 0 Å². The average molecular weight is 288 g/mol. The van der Waals surface area contributed by atoms with Crippen LogP contribution in [0.15, 0.2) is 0 Å². The lowest BCUT2D eigenvalue weighted by Crippen LogP contribution is -2.31. The molecule has 1 fully saturated rings. The molecule has 1 aliphatic rings. The lowest BCUT2D eigenvalue weighted by atomic mass is 9.97. The molecule has 0 aromatic carbocycles. The number of esters is 1. The van der Waals surface area contributed by atoms with Crippen LogP contribution in [0, 0.1) is 5.41 Å². The smallest absolute Gasteiger partial charge is 0.335 e. The van der Waals surface area contributed by atoms with Crippen LogP contribution in [0.4, 0.5) is 0 Å². The monoisotopic (exact) mass is 288 g/mol. The summed E-state index contributed by atoms with van der Waals surface area (Å²) in [6.07, 6.45) is -0.479. The molecule has 116 valence electrons. The number of aliphatic carboxylic acids is 1. The van der Waals surface area contributed by atoms with Crippen molar-refractivity contribution in [1.29, 1.82) is 0 Å². The summed E-state index contributed by atoms with van der Waals surface area (Å²) in [6.45, 7) is 8.97. The van der Waals surface area contributed by atoms with E-state index in [2.05, 4.69) is 0 Å². The number of ether oxygens (including phenoxy) is 3. The number of carbonyl (C=O) groups excluding carboxylic acids is 1. The Bertz CT molecular complexity index is 368. The molecule has 0 aromatic heterocycles. The highest BCUT2D eigenvalue weighted by molar-refractivity contribution is 5.75. The van der Waals surface area contributed by atoms with Crippen molar-refractivity contribution in [2.24, 2.45) is 5.41 Å². The minimum Gasteiger partial charge on any atom is -0.479 e. The van der Waals surface area contributed by atoms with Gasteiger partial charge in [-0.25, -0.2) is 4.79 Å². The van der Waals surface area contributed by atoms with E-state index < -0.39 is 29.4 Å². The second-order valence-corrected chi connectivity index (χ2v) is 6.46. The Morgan fingerprint density at radius 1 is 1.25 bits per heavy atom. The molecule has 0 saturated carbocycles. The molecule has 0 aromatic rings. The second kappa shape index (κ2) is 6.10. The Labute approximate surface area is 119 Å². The van der Waals surface area contributed by atoms with Gasteiger partial charge in [-0.2, -0.15) is 0 Å². The molecule has 0 spiro atoms. The Hall–Kier alpha value is -1.14. The lowest BCUT2D eigenvalue weighted by molar-refractivity contribution is -0.165. The Morgan fingerprint density at radius 3 is 2.35 bits per heavy atom. The summed E-state index contributed by atoms with van der Waals surface area (Å²) < 4.78 is 16.0. The molecular weight excluding hydrogens is 264 g/mol. The van der Waals surface area contributed by atoms with Gasteiger partial charge in [-0.1, -0.05) is 0 Å². The molecule has 20 heavy (non-hydrogen) atoms. The zero-order valence-corrected chi connectivity index (χ0v) is 12.8. The highest BCUT2D eigenvalue weighted by Crippen LogP contribution is 2.30. The molecule has 1 saturated heterocycles. The first-order valence-corrected chi connectivity index (χ1v) is 6.78. The first-order valence-electron chi connectivity index (χ1n) is 6.78. The Kier molecular flexibility index (Phi) is 5.15. The number of carbonyl (C=O) groups is 2. The van der Waals surface area contributed by atoms with Crippen LogP contribution in [-0.4, -0.2) is 41.6 Å². The topological polar surface area (TPSA) is 82.1 Å². The third-order valence-electron chi connectivity index (χ3n) is 2.91. The van der Waals surface area contributed by atoms with Crippen molar-refractivity contribution in [2.45, 2.75) is 65.5 Å². The fraction of sp³-hybridized carbons (Fsp3) is 0.857. The van der Waals surface area contributed by atoms with E-state index in [1.54, 1.807) is 34.6 Å². The Balaban J connectivity index is 2.38. The maximum absolute atomic E-state index is 11.6. The molecular formula is C14H24O6. The van der Waals surface area contributed by atoms with E-state index in [-0.39, 0.29) is 12.6 Å². The predicted molar refractivity (Wildman–Crippen MR) is 71.1 cm³/mol. The second-order valence-electron chi connectivity index (χ2n) is 6.46. The summed E-state index contributed by atoms with van der Waals surface area (Å²) in [5.41, 5.74) is -0.529. The largest absolute Gasteiger partial charge is 0.479 e. The van der Waals surface area contributed by atoms with Gasteiger partial charge in [-0.15, -0.1) is 0 Å². The first-order chi connectivity index (χ1) is 9.03. The van der Waals surface area contributed by atoms with Crippen LogP contribution in [0.2, 0.25) is 0 Å². The van der Waals surface area contributed by atoms with Crippen molar-refractivity contribution in [3.05, 3.63) is 0 Å². The molecule has 0 amide bonds. The third kappa shape index (κ3) is 4.76. The van der Waals surface area contributed by atoms with E-state index in [4.69, 9.17) is 19.3 Å². The average Bonchev–Trinajstić information content (AvgIpc) is 2.58. The normalized spacial score (nSPS) is 25.4. The zero-order valence-electron chi connectivity index (χ0n) is 12.8. The zero-order chi connectivity index (χ0) is 15.6. The number of hydrogen-bond acceptors (Lipinski definition) is 5. The molecule has 1 aliphatic heterocycles. The maximum Gasteiger partial charge on any atom is 0.335 e. The summed E-state index contributed by atoms with van der Waals surface area (Å²) in [7, 11) is 0.